The van der Waals surface area contributed by atoms with Crippen molar-refractivity contribution in [3.05, 3.63) is 29.3 Å². The van der Waals surface area contributed by atoms with E-state index in [1.807, 2.05) is 25.1 Å². The van der Waals surface area contributed by atoms with E-state index in [9.17, 15) is 9.59 Å². The van der Waals surface area contributed by atoms with Gasteiger partial charge in [0.15, 0.2) is 5.78 Å². The Labute approximate surface area is 125 Å². The Balaban J connectivity index is 1.81. The molecule has 1 heterocycles. The zero-order valence-electron chi connectivity index (χ0n) is 12.5. The van der Waals surface area contributed by atoms with Crippen LogP contribution >= 0.6 is 0 Å². The zero-order valence-corrected chi connectivity index (χ0v) is 12.5. The van der Waals surface area contributed by atoms with Crippen LogP contribution in [0.1, 0.15) is 54.4 Å². The first-order valence-electron chi connectivity index (χ1n) is 7.87. The Bertz CT molecular complexity index is 562. The number of amides is 2. The van der Waals surface area contributed by atoms with Gasteiger partial charge in [0, 0.05) is 24.6 Å². The third-order valence-electron chi connectivity index (χ3n) is 4.55. The van der Waals surface area contributed by atoms with Gasteiger partial charge in [0.1, 0.15) is 0 Å². The lowest BCUT2D eigenvalue weighted by Crippen LogP contribution is -2.48. The molecule has 0 spiro atoms. The molecule has 0 bridgehead atoms. The number of nitrogens with one attached hydrogen (secondary N) is 1. The highest BCUT2D eigenvalue weighted by atomic mass is 16.2. The van der Waals surface area contributed by atoms with E-state index < -0.39 is 0 Å². The van der Waals surface area contributed by atoms with Crippen LogP contribution in [0.4, 0.5) is 10.5 Å². The standard InChI is InChI=1S/C17H22N2O2/c1-12-6-5-9-14-15(20)10-11-19(16(12)14)17(21)18-13-7-3-2-4-8-13/h5-6,9,13H,2-4,7-8,10-11H2,1H3,(H,18,21). The van der Waals surface area contributed by atoms with Crippen LogP contribution in [0.5, 0.6) is 0 Å². The monoisotopic (exact) mass is 286 g/mol. The number of anilines is 1. The van der Waals surface area contributed by atoms with E-state index in [1.165, 1.54) is 19.3 Å². The normalized spacial score (nSPS) is 19.3. The number of ketones is 1. The maximum absolute atomic E-state index is 12.6. The average molecular weight is 286 g/mol. The van der Waals surface area contributed by atoms with E-state index in [2.05, 4.69) is 5.32 Å². The fourth-order valence-electron chi connectivity index (χ4n) is 3.40. The summed E-state index contributed by atoms with van der Waals surface area (Å²) < 4.78 is 0. The number of hydrogen-bond donors (Lipinski definition) is 1. The van der Waals surface area contributed by atoms with Crippen molar-refractivity contribution in [3.8, 4) is 0 Å². The van der Waals surface area contributed by atoms with Crippen molar-refractivity contribution in [2.45, 2.75) is 51.5 Å². The number of carbonyl (C=O) groups excluding carboxylic acids is 2. The molecule has 21 heavy (non-hydrogen) atoms. The molecule has 3 rings (SSSR count). The van der Waals surface area contributed by atoms with Crippen molar-refractivity contribution in [1.82, 2.24) is 5.32 Å². The predicted octanol–water partition coefficient (Wildman–Crippen LogP) is 3.43. The highest BCUT2D eigenvalue weighted by molar-refractivity contribution is 6.09. The number of Topliss-reactive ketones (excluding diaryl/α,β-unsaturated/α-hetero) is 1. The van der Waals surface area contributed by atoms with Gasteiger partial charge in [-0.1, -0.05) is 31.4 Å². The van der Waals surface area contributed by atoms with E-state index >= 15 is 0 Å². The van der Waals surface area contributed by atoms with Crippen LogP contribution < -0.4 is 10.2 Å². The summed E-state index contributed by atoms with van der Waals surface area (Å²) in [7, 11) is 0. The lowest BCUT2D eigenvalue weighted by molar-refractivity contribution is 0.0981. The van der Waals surface area contributed by atoms with Crippen LogP contribution in [0.2, 0.25) is 0 Å². The molecule has 112 valence electrons. The SMILES string of the molecule is Cc1cccc2c1N(C(=O)NC1CCCCC1)CCC2=O. The van der Waals surface area contributed by atoms with Gasteiger partial charge in [0.25, 0.3) is 0 Å². The lowest BCUT2D eigenvalue weighted by atomic mass is 9.95. The molecule has 4 nitrogen and oxygen atoms in total. The summed E-state index contributed by atoms with van der Waals surface area (Å²) in [5.74, 6) is 0.135. The van der Waals surface area contributed by atoms with E-state index in [4.69, 9.17) is 0 Å². The minimum atomic E-state index is -0.0510. The fourth-order valence-corrected chi connectivity index (χ4v) is 3.40. The van der Waals surface area contributed by atoms with Gasteiger partial charge in [-0.3, -0.25) is 9.69 Å². The molecule has 1 aromatic carbocycles. The summed E-state index contributed by atoms with van der Waals surface area (Å²) in [6.07, 6.45) is 6.21. The number of hydrogen-bond acceptors (Lipinski definition) is 2. The molecule has 1 saturated carbocycles. The summed E-state index contributed by atoms with van der Waals surface area (Å²) in [6.45, 7) is 2.44. The number of rotatable bonds is 1. The third-order valence-corrected chi connectivity index (χ3v) is 4.55. The van der Waals surface area contributed by atoms with Gasteiger partial charge in [-0.25, -0.2) is 4.79 Å². The zero-order chi connectivity index (χ0) is 14.8. The Morgan fingerprint density at radius 1 is 1.24 bits per heavy atom. The second kappa shape index (κ2) is 5.88. The quantitative estimate of drug-likeness (QED) is 0.860. The van der Waals surface area contributed by atoms with E-state index in [-0.39, 0.29) is 17.9 Å². The molecule has 2 aliphatic rings. The number of nitrogens with zero attached hydrogens (tertiary/aromatic N) is 1. The largest absolute Gasteiger partial charge is 0.335 e. The van der Waals surface area contributed by atoms with Gasteiger partial charge in [-0.2, -0.15) is 0 Å². The minimum Gasteiger partial charge on any atom is -0.335 e. The topological polar surface area (TPSA) is 49.4 Å². The number of benzene rings is 1. The number of carbonyl (C=O) groups is 2. The predicted molar refractivity (Wildman–Crippen MR) is 82.9 cm³/mol. The van der Waals surface area contributed by atoms with Crippen molar-refractivity contribution < 1.29 is 9.59 Å². The molecule has 0 unspecified atom stereocenters. The molecule has 0 atom stereocenters. The van der Waals surface area contributed by atoms with Gasteiger partial charge in [0.05, 0.1) is 5.69 Å². The number of para-hydroxylation sites is 1. The molecule has 0 radical (unpaired) electrons. The van der Waals surface area contributed by atoms with Crippen LogP contribution in [-0.2, 0) is 0 Å². The maximum atomic E-state index is 12.6. The molecule has 2 amide bonds. The highest BCUT2D eigenvalue weighted by Gasteiger charge is 2.29. The first-order chi connectivity index (χ1) is 10.2. The molecule has 1 aliphatic carbocycles. The fraction of sp³-hybridized carbons (Fsp3) is 0.529. The van der Waals surface area contributed by atoms with Gasteiger partial charge in [0.2, 0.25) is 0 Å². The van der Waals surface area contributed by atoms with Crippen molar-refractivity contribution in [2.24, 2.45) is 0 Å². The van der Waals surface area contributed by atoms with Crippen LogP contribution in [-0.4, -0.2) is 24.4 Å². The first kappa shape index (κ1) is 14.1. The Morgan fingerprint density at radius 3 is 2.76 bits per heavy atom. The number of fused-ring (bicyclic) bond motifs is 1. The molecular weight excluding hydrogens is 264 g/mol. The van der Waals surface area contributed by atoms with Crippen LogP contribution in [0, 0.1) is 6.92 Å². The summed E-state index contributed by atoms with van der Waals surface area (Å²) in [4.78, 5) is 26.4. The summed E-state index contributed by atoms with van der Waals surface area (Å²) in [5.41, 5.74) is 2.46. The average Bonchev–Trinajstić information content (AvgIpc) is 2.49. The van der Waals surface area contributed by atoms with Gasteiger partial charge >= 0.3 is 6.03 Å². The minimum absolute atomic E-state index is 0.0510. The number of urea groups is 1. The smallest absolute Gasteiger partial charge is 0.322 e. The van der Waals surface area contributed by atoms with Crippen molar-refractivity contribution in [2.75, 3.05) is 11.4 Å². The van der Waals surface area contributed by atoms with E-state index in [1.54, 1.807) is 4.90 Å². The molecule has 1 aromatic rings. The Kier molecular flexibility index (Phi) is 3.95. The molecule has 0 saturated heterocycles. The molecule has 1 N–H and O–H groups in total. The van der Waals surface area contributed by atoms with Gasteiger partial charge in [-0.05, 0) is 31.4 Å². The highest BCUT2D eigenvalue weighted by Crippen LogP contribution is 2.30. The Morgan fingerprint density at radius 2 is 2.00 bits per heavy atom. The van der Waals surface area contributed by atoms with Gasteiger partial charge < -0.3 is 5.32 Å². The molecular formula is C17H22N2O2. The molecule has 1 fully saturated rings. The second-order valence-corrected chi connectivity index (χ2v) is 6.08. The van der Waals surface area contributed by atoms with Crippen LogP contribution in [0.25, 0.3) is 0 Å². The molecule has 4 heteroatoms. The molecule has 0 aromatic heterocycles. The molecule has 1 aliphatic heterocycles. The Hall–Kier alpha value is -1.84. The van der Waals surface area contributed by atoms with Crippen molar-refractivity contribution in [3.63, 3.8) is 0 Å². The van der Waals surface area contributed by atoms with E-state index in [0.717, 1.165) is 24.1 Å². The summed E-state index contributed by atoms with van der Waals surface area (Å²) in [6, 6.07) is 5.90. The van der Waals surface area contributed by atoms with Crippen LogP contribution in [0.3, 0.4) is 0 Å². The third kappa shape index (κ3) is 2.80. The van der Waals surface area contributed by atoms with Gasteiger partial charge in [-0.15, -0.1) is 0 Å². The maximum Gasteiger partial charge on any atom is 0.322 e. The first-order valence-corrected chi connectivity index (χ1v) is 7.87. The summed E-state index contributed by atoms with van der Waals surface area (Å²) in [5, 5.41) is 3.15. The number of aryl methyl sites for hydroxylation is 1. The second-order valence-electron chi connectivity index (χ2n) is 6.08. The van der Waals surface area contributed by atoms with Crippen molar-refractivity contribution in [1.29, 1.82) is 0 Å². The summed E-state index contributed by atoms with van der Waals surface area (Å²) >= 11 is 0. The lowest BCUT2D eigenvalue weighted by Gasteiger charge is -2.32. The van der Waals surface area contributed by atoms with Crippen LogP contribution in [0.15, 0.2) is 18.2 Å². The van der Waals surface area contributed by atoms with Crippen molar-refractivity contribution >= 4 is 17.5 Å². The van der Waals surface area contributed by atoms with E-state index in [0.29, 0.717) is 18.5 Å².